The van der Waals surface area contributed by atoms with Crippen molar-refractivity contribution in [1.29, 1.82) is 0 Å². The summed E-state index contributed by atoms with van der Waals surface area (Å²) in [7, 11) is 0. The van der Waals surface area contributed by atoms with Crippen molar-refractivity contribution in [2.24, 2.45) is 0 Å². The molecule has 0 saturated carbocycles. The number of nitrogens with one attached hydrogen (secondary N) is 2. The van der Waals surface area contributed by atoms with Crippen molar-refractivity contribution in [3.63, 3.8) is 0 Å². The molecule has 0 radical (unpaired) electrons. The van der Waals surface area contributed by atoms with E-state index in [-0.39, 0.29) is 0 Å². The average molecular weight is 362 g/mol. The molecule has 5 heteroatoms. The minimum Gasteiger partial charge on any atom is -0.489 e. The van der Waals surface area contributed by atoms with E-state index in [2.05, 4.69) is 39.7 Å². The Hall–Kier alpha value is -3.08. The molecule has 0 aliphatic rings. The summed E-state index contributed by atoms with van der Waals surface area (Å²) < 4.78 is 5.82. The molecule has 1 heterocycles. The Morgan fingerprint density at radius 1 is 0.926 bits per heavy atom. The third-order valence-electron chi connectivity index (χ3n) is 4.09. The minimum atomic E-state index is 0.562. The molecule has 0 saturated heterocycles. The zero-order valence-electron chi connectivity index (χ0n) is 15.7. The van der Waals surface area contributed by atoms with Crippen molar-refractivity contribution in [3.8, 4) is 5.75 Å². The van der Waals surface area contributed by atoms with Crippen molar-refractivity contribution in [1.82, 2.24) is 9.97 Å². The molecule has 0 atom stereocenters. The predicted molar refractivity (Wildman–Crippen MR) is 111 cm³/mol. The van der Waals surface area contributed by atoms with Gasteiger partial charge < -0.3 is 15.4 Å². The fourth-order valence-electron chi connectivity index (χ4n) is 2.61. The summed E-state index contributed by atoms with van der Waals surface area (Å²) >= 11 is 0. The molecule has 140 valence electrons. The standard InChI is InChI=1S/C22H26N4O/c1-2-3-7-15-23-22-24-16-14-21(26-22)25-19-10-12-20(13-11-19)27-17-18-8-5-4-6-9-18/h4-6,8-14,16H,2-3,7,15,17H2,1H3,(H2,23,24,25,26). The van der Waals surface area contributed by atoms with Crippen LogP contribution in [0, 0.1) is 0 Å². The Kier molecular flexibility index (Phi) is 7.04. The average Bonchev–Trinajstić information content (AvgIpc) is 2.72. The highest BCUT2D eigenvalue weighted by molar-refractivity contribution is 5.57. The van der Waals surface area contributed by atoms with E-state index < -0.39 is 0 Å². The molecule has 5 nitrogen and oxygen atoms in total. The van der Waals surface area contributed by atoms with Crippen LogP contribution in [-0.4, -0.2) is 16.5 Å². The highest BCUT2D eigenvalue weighted by Crippen LogP contribution is 2.20. The second-order valence-corrected chi connectivity index (χ2v) is 6.32. The van der Waals surface area contributed by atoms with Crippen LogP contribution < -0.4 is 15.4 Å². The van der Waals surface area contributed by atoms with Crippen molar-refractivity contribution in [2.75, 3.05) is 17.2 Å². The van der Waals surface area contributed by atoms with E-state index in [4.69, 9.17) is 4.74 Å². The number of nitrogens with zero attached hydrogens (tertiary/aromatic N) is 2. The number of anilines is 3. The van der Waals surface area contributed by atoms with E-state index in [9.17, 15) is 0 Å². The fourth-order valence-corrected chi connectivity index (χ4v) is 2.61. The summed E-state index contributed by atoms with van der Waals surface area (Å²) in [5, 5.41) is 6.57. The van der Waals surface area contributed by atoms with Gasteiger partial charge in [0.05, 0.1) is 0 Å². The molecule has 0 fully saturated rings. The normalized spacial score (nSPS) is 10.4. The first kappa shape index (κ1) is 18.7. The minimum absolute atomic E-state index is 0.562. The quantitative estimate of drug-likeness (QED) is 0.473. The molecule has 27 heavy (non-hydrogen) atoms. The number of hydrogen-bond donors (Lipinski definition) is 2. The first-order valence-electron chi connectivity index (χ1n) is 9.44. The molecule has 0 bridgehead atoms. The van der Waals surface area contributed by atoms with E-state index in [1.807, 2.05) is 48.5 Å². The molecule has 0 spiro atoms. The van der Waals surface area contributed by atoms with Crippen LogP contribution in [0.5, 0.6) is 5.75 Å². The molecule has 2 N–H and O–H groups in total. The lowest BCUT2D eigenvalue weighted by atomic mass is 10.2. The van der Waals surface area contributed by atoms with Crippen LogP contribution >= 0.6 is 0 Å². The number of hydrogen-bond acceptors (Lipinski definition) is 5. The molecule has 1 aromatic heterocycles. The zero-order valence-corrected chi connectivity index (χ0v) is 15.7. The molecule has 0 unspecified atom stereocenters. The van der Waals surface area contributed by atoms with E-state index in [1.165, 1.54) is 12.8 Å². The Morgan fingerprint density at radius 3 is 2.52 bits per heavy atom. The smallest absolute Gasteiger partial charge is 0.224 e. The van der Waals surface area contributed by atoms with E-state index in [1.54, 1.807) is 6.20 Å². The fraction of sp³-hybridized carbons (Fsp3) is 0.273. The summed E-state index contributed by atoms with van der Waals surface area (Å²) in [6.45, 7) is 3.65. The number of rotatable bonds is 10. The number of benzene rings is 2. The summed E-state index contributed by atoms with van der Waals surface area (Å²) in [5.74, 6) is 2.25. The van der Waals surface area contributed by atoms with Gasteiger partial charge in [0.2, 0.25) is 5.95 Å². The van der Waals surface area contributed by atoms with Crippen molar-refractivity contribution >= 4 is 17.5 Å². The Balaban J connectivity index is 1.52. The van der Waals surface area contributed by atoms with Crippen LogP contribution in [0.25, 0.3) is 0 Å². The van der Waals surface area contributed by atoms with Crippen LogP contribution in [0.1, 0.15) is 31.7 Å². The van der Waals surface area contributed by atoms with E-state index >= 15 is 0 Å². The summed E-state index contributed by atoms with van der Waals surface area (Å²) in [6.07, 6.45) is 5.30. The van der Waals surface area contributed by atoms with Crippen LogP contribution in [0.4, 0.5) is 17.5 Å². The molecule has 0 aliphatic heterocycles. The topological polar surface area (TPSA) is 59.1 Å². The molecular formula is C22H26N4O. The summed E-state index contributed by atoms with van der Waals surface area (Å²) in [5.41, 5.74) is 2.11. The van der Waals surface area contributed by atoms with Crippen molar-refractivity contribution < 1.29 is 4.74 Å². The number of unbranched alkanes of at least 4 members (excludes halogenated alkanes) is 2. The maximum absolute atomic E-state index is 5.82. The third-order valence-corrected chi connectivity index (χ3v) is 4.09. The van der Waals surface area contributed by atoms with Crippen LogP contribution in [0.3, 0.4) is 0 Å². The monoisotopic (exact) mass is 362 g/mol. The predicted octanol–water partition coefficient (Wildman–Crippen LogP) is 5.40. The Morgan fingerprint density at radius 2 is 1.74 bits per heavy atom. The lowest BCUT2D eigenvalue weighted by molar-refractivity contribution is 0.306. The zero-order chi connectivity index (χ0) is 18.7. The molecule has 0 aliphatic carbocycles. The van der Waals surface area contributed by atoms with Gasteiger partial charge in [-0.2, -0.15) is 4.98 Å². The first-order chi connectivity index (χ1) is 13.3. The van der Waals surface area contributed by atoms with Gasteiger partial charge in [0.25, 0.3) is 0 Å². The number of ether oxygens (including phenoxy) is 1. The third kappa shape index (κ3) is 6.29. The van der Waals surface area contributed by atoms with Gasteiger partial charge >= 0.3 is 0 Å². The van der Waals surface area contributed by atoms with Gasteiger partial charge in [0, 0.05) is 18.4 Å². The Bertz CT molecular complexity index is 806. The highest BCUT2D eigenvalue weighted by Gasteiger charge is 2.01. The maximum Gasteiger partial charge on any atom is 0.224 e. The van der Waals surface area contributed by atoms with Gasteiger partial charge in [-0.25, -0.2) is 4.98 Å². The molecule has 0 amide bonds. The van der Waals surface area contributed by atoms with Crippen molar-refractivity contribution in [3.05, 3.63) is 72.4 Å². The second kappa shape index (κ2) is 10.2. The van der Waals surface area contributed by atoms with Crippen LogP contribution in [0.15, 0.2) is 66.9 Å². The summed E-state index contributed by atoms with van der Waals surface area (Å²) in [6, 6.07) is 19.9. The van der Waals surface area contributed by atoms with Crippen molar-refractivity contribution in [2.45, 2.75) is 32.8 Å². The van der Waals surface area contributed by atoms with Gasteiger partial charge in [-0.3, -0.25) is 0 Å². The summed E-state index contributed by atoms with van der Waals surface area (Å²) in [4.78, 5) is 8.76. The molecule has 3 rings (SSSR count). The Labute approximate surface area is 160 Å². The SMILES string of the molecule is CCCCCNc1nccc(Nc2ccc(OCc3ccccc3)cc2)n1. The largest absolute Gasteiger partial charge is 0.489 e. The molecule has 3 aromatic rings. The first-order valence-corrected chi connectivity index (χ1v) is 9.44. The molecular weight excluding hydrogens is 336 g/mol. The van der Waals surface area contributed by atoms with Gasteiger partial charge in [-0.05, 0) is 42.3 Å². The lowest BCUT2D eigenvalue weighted by Crippen LogP contribution is -2.06. The van der Waals surface area contributed by atoms with E-state index in [0.29, 0.717) is 12.6 Å². The second-order valence-electron chi connectivity index (χ2n) is 6.32. The van der Waals surface area contributed by atoms with Gasteiger partial charge in [-0.1, -0.05) is 50.1 Å². The van der Waals surface area contributed by atoms with Gasteiger partial charge in [0.1, 0.15) is 18.2 Å². The highest BCUT2D eigenvalue weighted by atomic mass is 16.5. The maximum atomic E-state index is 5.82. The van der Waals surface area contributed by atoms with Gasteiger partial charge in [-0.15, -0.1) is 0 Å². The van der Waals surface area contributed by atoms with Crippen LogP contribution in [0.2, 0.25) is 0 Å². The molecule has 2 aromatic carbocycles. The number of aromatic nitrogens is 2. The van der Waals surface area contributed by atoms with Gasteiger partial charge in [0.15, 0.2) is 0 Å². The van der Waals surface area contributed by atoms with Crippen LogP contribution in [-0.2, 0) is 6.61 Å². The lowest BCUT2D eigenvalue weighted by Gasteiger charge is -2.10. The van der Waals surface area contributed by atoms with E-state index in [0.717, 1.165) is 35.8 Å².